The third-order valence-corrected chi connectivity index (χ3v) is 4.93. The van der Waals surface area contributed by atoms with E-state index in [0.717, 1.165) is 22.3 Å². The number of piperazine rings is 1. The molecule has 0 unspecified atom stereocenters. The number of pyridine rings is 1. The highest BCUT2D eigenvalue weighted by Gasteiger charge is 2.44. The van der Waals surface area contributed by atoms with Gasteiger partial charge in [-0.2, -0.15) is 0 Å². The molecule has 4 rings (SSSR count). The Hall–Kier alpha value is -2.63. The molecule has 0 radical (unpaired) electrons. The largest absolute Gasteiger partial charge is 0.365 e. The molecule has 2 saturated heterocycles. The van der Waals surface area contributed by atoms with Gasteiger partial charge in [-0.3, -0.25) is 9.59 Å². The number of benzene rings is 1. The molecule has 6 nitrogen and oxygen atoms in total. The summed E-state index contributed by atoms with van der Waals surface area (Å²) in [5.41, 5.74) is 2.10. The SMILES string of the molecule is Cc1cc(N[C@@H]2C[C@H]3C(=O)N(C)CC(=O)N3C2)nc2ccccc12. The van der Waals surface area contributed by atoms with Crippen molar-refractivity contribution in [2.24, 2.45) is 0 Å². The van der Waals surface area contributed by atoms with E-state index < -0.39 is 0 Å². The molecule has 2 amide bonds. The maximum Gasteiger partial charge on any atom is 0.245 e. The van der Waals surface area contributed by atoms with Crippen molar-refractivity contribution in [2.75, 3.05) is 25.5 Å². The number of aryl methyl sites for hydroxylation is 1. The van der Waals surface area contributed by atoms with Crippen molar-refractivity contribution in [3.05, 3.63) is 35.9 Å². The highest BCUT2D eigenvalue weighted by molar-refractivity contribution is 5.95. The number of para-hydroxylation sites is 1. The maximum atomic E-state index is 12.3. The van der Waals surface area contributed by atoms with Gasteiger partial charge in [-0.1, -0.05) is 18.2 Å². The van der Waals surface area contributed by atoms with Crippen LogP contribution in [0.3, 0.4) is 0 Å². The zero-order valence-corrected chi connectivity index (χ0v) is 13.8. The first kappa shape index (κ1) is 14.9. The molecular weight excluding hydrogens is 304 g/mol. The number of aromatic nitrogens is 1. The monoisotopic (exact) mass is 324 g/mol. The van der Waals surface area contributed by atoms with E-state index in [-0.39, 0.29) is 30.4 Å². The number of hydrogen-bond donors (Lipinski definition) is 1. The lowest BCUT2D eigenvalue weighted by molar-refractivity contribution is -0.152. The summed E-state index contributed by atoms with van der Waals surface area (Å²) in [4.78, 5) is 32.3. The number of hydrogen-bond acceptors (Lipinski definition) is 4. The standard InChI is InChI=1S/C18H20N4O2/c1-11-7-16(20-14-6-4-3-5-13(11)14)19-12-8-15-18(24)21(2)10-17(23)22(15)9-12/h3-7,12,15H,8-10H2,1-2H3,(H,19,20)/t12-,15+/m1/s1. The number of nitrogens with zero attached hydrogens (tertiary/aromatic N) is 3. The van der Waals surface area contributed by atoms with Crippen LogP contribution in [0.2, 0.25) is 0 Å². The molecule has 24 heavy (non-hydrogen) atoms. The Kier molecular flexibility index (Phi) is 3.40. The molecule has 0 aliphatic carbocycles. The second-order valence-electron chi connectivity index (χ2n) is 6.67. The normalized spacial score (nSPS) is 23.8. The van der Waals surface area contributed by atoms with Crippen LogP contribution >= 0.6 is 0 Å². The van der Waals surface area contributed by atoms with Gasteiger partial charge in [0.15, 0.2) is 0 Å². The Balaban J connectivity index is 1.57. The van der Waals surface area contributed by atoms with E-state index >= 15 is 0 Å². The fraction of sp³-hybridized carbons (Fsp3) is 0.389. The van der Waals surface area contributed by atoms with Crippen LogP contribution in [0.25, 0.3) is 10.9 Å². The smallest absolute Gasteiger partial charge is 0.245 e. The highest BCUT2D eigenvalue weighted by atomic mass is 16.2. The van der Waals surface area contributed by atoms with Crippen LogP contribution in [0.1, 0.15) is 12.0 Å². The van der Waals surface area contributed by atoms with Crippen molar-refractivity contribution < 1.29 is 9.59 Å². The molecule has 1 aromatic heterocycles. The van der Waals surface area contributed by atoms with E-state index in [4.69, 9.17) is 0 Å². The zero-order valence-electron chi connectivity index (χ0n) is 13.8. The second kappa shape index (κ2) is 5.47. The first-order valence-corrected chi connectivity index (χ1v) is 8.20. The molecule has 2 fully saturated rings. The molecule has 1 aromatic carbocycles. The number of likely N-dealkylation sites (N-methyl/N-ethyl adjacent to an activating group) is 1. The molecule has 6 heteroatoms. The molecule has 124 valence electrons. The van der Waals surface area contributed by atoms with Crippen LogP contribution in [0.4, 0.5) is 5.82 Å². The van der Waals surface area contributed by atoms with E-state index in [2.05, 4.69) is 23.3 Å². The lowest BCUT2D eigenvalue weighted by Gasteiger charge is -2.33. The van der Waals surface area contributed by atoms with Crippen molar-refractivity contribution in [3.8, 4) is 0 Å². The van der Waals surface area contributed by atoms with Crippen LogP contribution in [-0.4, -0.2) is 58.8 Å². The Labute approximate surface area is 140 Å². The molecule has 3 heterocycles. The van der Waals surface area contributed by atoms with E-state index in [1.54, 1.807) is 11.9 Å². The third kappa shape index (κ3) is 2.38. The van der Waals surface area contributed by atoms with Gasteiger partial charge in [0, 0.05) is 25.0 Å². The minimum Gasteiger partial charge on any atom is -0.365 e. The van der Waals surface area contributed by atoms with Crippen molar-refractivity contribution in [1.29, 1.82) is 0 Å². The predicted octanol–water partition coefficient (Wildman–Crippen LogP) is 1.40. The molecule has 1 N–H and O–H groups in total. The Morgan fingerprint density at radius 3 is 2.88 bits per heavy atom. The van der Waals surface area contributed by atoms with Gasteiger partial charge in [-0.05, 0) is 31.0 Å². The third-order valence-electron chi connectivity index (χ3n) is 4.93. The molecule has 0 bridgehead atoms. The fourth-order valence-corrected chi connectivity index (χ4v) is 3.71. The zero-order chi connectivity index (χ0) is 16.8. The first-order valence-electron chi connectivity index (χ1n) is 8.20. The van der Waals surface area contributed by atoms with Crippen molar-refractivity contribution in [1.82, 2.24) is 14.8 Å². The van der Waals surface area contributed by atoms with Crippen molar-refractivity contribution in [2.45, 2.75) is 25.4 Å². The van der Waals surface area contributed by atoms with Crippen LogP contribution in [0, 0.1) is 6.92 Å². The molecule has 2 atom stereocenters. The van der Waals surface area contributed by atoms with Gasteiger partial charge in [0.1, 0.15) is 11.9 Å². The minimum absolute atomic E-state index is 0.0223. The second-order valence-corrected chi connectivity index (χ2v) is 6.67. The van der Waals surface area contributed by atoms with E-state index in [1.807, 2.05) is 24.3 Å². The van der Waals surface area contributed by atoms with Crippen LogP contribution < -0.4 is 5.32 Å². The lowest BCUT2D eigenvalue weighted by atomic mass is 10.1. The van der Waals surface area contributed by atoms with Gasteiger partial charge >= 0.3 is 0 Å². The minimum atomic E-state index is -0.338. The average molecular weight is 324 g/mol. The molecule has 2 aromatic rings. The first-order chi connectivity index (χ1) is 11.5. The molecule has 2 aliphatic heterocycles. The summed E-state index contributed by atoms with van der Waals surface area (Å²) in [6, 6.07) is 9.76. The molecule has 0 spiro atoms. The Morgan fingerprint density at radius 1 is 1.25 bits per heavy atom. The summed E-state index contributed by atoms with van der Waals surface area (Å²) in [5.74, 6) is 0.847. The van der Waals surface area contributed by atoms with Crippen LogP contribution in [-0.2, 0) is 9.59 Å². The van der Waals surface area contributed by atoms with Gasteiger partial charge in [0.2, 0.25) is 11.8 Å². The lowest BCUT2D eigenvalue weighted by Crippen LogP contribution is -2.55. The Morgan fingerprint density at radius 2 is 2.04 bits per heavy atom. The van der Waals surface area contributed by atoms with Crippen LogP contribution in [0.15, 0.2) is 30.3 Å². The summed E-state index contributed by atoms with van der Waals surface area (Å²) in [7, 11) is 1.69. The number of nitrogens with one attached hydrogen (secondary N) is 1. The highest BCUT2D eigenvalue weighted by Crippen LogP contribution is 2.27. The fourth-order valence-electron chi connectivity index (χ4n) is 3.71. The number of anilines is 1. The number of carbonyl (C=O) groups excluding carboxylic acids is 2. The predicted molar refractivity (Wildman–Crippen MR) is 91.6 cm³/mol. The summed E-state index contributed by atoms with van der Waals surface area (Å²) in [6.07, 6.45) is 0.627. The number of carbonyl (C=O) groups is 2. The van der Waals surface area contributed by atoms with E-state index in [0.29, 0.717) is 13.0 Å². The molecular formula is C18H20N4O2. The van der Waals surface area contributed by atoms with Crippen molar-refractivity contribution in [3.63, 3.8) is 0 Å². The molecule has 2 aliphatic rings. The summed E-state index contributed by atoms with van der Waals surface area (Å²) >= 11 is 0. The summed E-state index contributed by atoms with van der Waals surface area (Å²) in [6.45, 7) is 2.79. The average Bonchev–Trinajstić information content (AvgIpc) is 2.97. The topological polar surface area (TPSA) is 65.5 Å². The van der Waals surface area contributed by atoms with Gasteiger partial charge < -0.3 is 15.1 Å². The van der Waals surface area contributed by atoms with Crippen LogP contribution in [0.5, 0.6) is 0 Å². The summed E-state index contributed by atoms with van der Waals surface area (Å²) in [5, 5.41) is 4.55. The Bertz CT molecular complexity index is 835. The van der Waals surface area contributed by atoms with E-state index in [9.17, 15) is 9.59 Å². The van der Waals surface area contributed by atoms with Crippen molar-refractivity contribution >= 4 is 28.5 Å². The maximum absolute atomic E-state index is 12.3. The van der Waals surface area contributed by atoms with Gasteiger partial charge in [0.05, 0.1) is 12.1 Å². The summed E-state index contributed by atoms with van der Waals surface area (Å²) < 4.78 is 0. The number of fused-ring (bicyclic) bond motifs is 2. The van der Waals surface area contributed by atoms with E-state index in [1.165, 1.54) is 4.90 Å². The number of rotatable bonds is 2. The number of amides is 2. The quantitative estimate of drug-likeness (QED) is 0.907. The van der Waals surface area contributed by atoms with Gasteiger partial charge in [0.25, 0.3) is 0 Å². The molecule has 0 saturated carbocycles. The van der Waals surface area contributed by atoms with Gasteiger partial charge in [-0.25, -0.2) is 4.98 Å². The van der Waals surface area contributed by atoms with Gasteiger partial charge in [-0.15, -0.1) is 0 Å².